The molecule has 0 atom stereocenters. The zero-order chi connectivity index (χ0) is 17.8. The van der Waals surface area contributed by atoms with Crippen molar-refractivity contribution in [1.82, 2.24) is 14.9 Å². The monoisotopic (exact) mass is 373 g/mol. The van der Waals surface area contributed by atoms with Gasteiger partial charge in [-0.3, -0.25) is 4.79 Å². The highest BCUT2D eigenvalue weighted by atomic mass is 35.5. The van der Waals surface area contributed by atoms with E-state index in [1.165, 1.54) is 6.08 Å². The standard InChI is InChI=1S/C19H17Cl2N3O/c1-2-24-17-6-4-3-5-16(17)23-18(24)12-22-19(25)10-8-13-7-9-14(20)15(21)11-13/h3-11H,2,12H2,1H3,(H,22,25)/b10-8-. The number of hydrogen-bond acceptors (Lipinski definition) is 2. The predicted octanol–water partition coefficient (Wildman–Crippen LogP) is 4.69. The van der Waals surface area contributed by atoms with Crippen molar-refractivity contribution in [2.45, 2.75) is 20.0 Å². The maximum absolute atomic E-state index is 12.1. The summed E-state index contributed by atoms with van der Waals surface area (Å²) >= 11 is 11.8. The lowest BCUT2D eigenvalue weighted by Gasteiger charge is -2.06. The third-order valence-electron chi connectivity index (χ3n) is 3.84. The Hall–Kier alpha value is -2.30. The van der Waals surface area contributed by atoms with Crippen LogP contribution in [0, 0.1) is 0 Å². The van der Waals surface area contributed by atoms with Gasteiger partial charge in [-0.1, -0.05) is 41.4 Å². The number of nitrogens with one attached hydrogen (secondary N) is 1. The number of fused-ring (bicyclic) bond motifs is 1. The number of amides is 1. The number of rotatable bonds is 5. The summed E-state index contributed by atoms with van der Waals surface area (Å²) in [6.07, 6.45) is 3.17. The molecule has 1 aromatic heterocycles. The van der Waals surface area contributed by atoms with Gasteiger partial charge in [-0.05, 0) is 42.8 Å². The Balaban J connectivity index is 1.68. The Kier molecular flexibility index (Phi) is 5.41. The number of aromatic nitrogens is 2. The summed E-state index contributed by atoms with van der Waals surface area (Å²) in [6, 6.07) is 13.2. The fourth-order valence-electron chi connectivity index (χ4n) is 2.63. The molecule has 1 N–H and O–H groups in total. The van der Waals surface area contributed by atoms with Gasteiger partial charge in [0.15, 0.2) is 0 Å². The number of nitrogens with zero attached hydrogens (tertiary/aromatic N) is 2. The average Bonchev–Trinajstić information content (AvgIpc) is 2.98. The third-order valence-corrected chi connectivity index (χ3v) is 4.58. The number of aryl methyl sites for hydroxylation is 1. The highest BCUT2D eigenvalue weighted by Gasteiger charge is 2.09. The molecule has 6 heteroatoms. The molecule has 0 aliphatic rings. The number of para-hydroxylation sites is 2. The molecule has 0 radical (unpaired) electrons. The normalized spacial score (nSPS) is 11.3. The maximum atomic E-state index is 12.1. The highest BCUT2D eigenvalue weighted by molar-refractivity contribution is 6.42. The number of imidazole rings is 1. The fraction of sp³-hybridized carbons (Fsp3) is 0.158. The van der Waals surface area contributed by atoms with Gasteiger partial charge in [0.1, 0.15) is 5.82 Å². The summed E-state index contributed by atoms with van der Waals surface area (Å²) < 4.78 is 2.10. The molecule has 128 valence electrons. The molecule has 0 aliphatic heterocycles. The molecule has 0 fully saturated rings. The molecule has 4 nitrogen and oxygen atoms in total. The van der Waals surface area contributed by atoms with Crippen LogP contribution >= 0.6 is 23.2 Å². The number of halogens is 2. The first-order valence-electron chi connectivity index (χ1n) is 7.93. The first kappa shape index (κ1) is 17.5. The molecule has 0 saturated heterocycles. The van der Waals surface area contributed by atoms with Crippen LogP contribution in [0.4, 0.5) is 0 Å². The predicted molar refractivity (Wildman–Crippen MR) is 103 cm³/mol. The van der Waals surface area contributed by atoms with Crippen molar-refractivity contribution in [3.05, 3.63) is 70.0 Å². The fourth-order valence-corrected chi connectivity index (χ4v) is 2.93. The molecule has 1 heterocycles. The van der Waals surface area contributed by atoms with Gasteiger partial charge in [0.25, 0.3) is 0 Å². The third kappa shape index (κ3) is 4.03. The van der Waals surface area contributed by atoms with Gasteiger partial charge in [0, 0.05) is 12.6 Å². The van der Waals surface area contributed by atoms with Crippen LogP contribution in [-0.4, -0.2) is 15.5 Å². The van der Waals surface area contributed by atoms with E-state index in [1.54, 1.807) is 24.3 Å². The van der Waals surface area contributed by atoms with Gasteiger partial charge in [-0.25, -0.2) is 4.98 Å². The Labute approximate surface area is 156 Å². The van der Waals surface area contributed by atoms with Crippen molar-refractivity contribution in [3.8, 4) is 0 Å². The van der Waals surface area contributed by atoms with E-state index in [0.717, 1.165) is 29.0 Å². The average molecular weight is 374 g/mol. The van der Waals surface area contributed by atoms with Gasteiger partial charge >= 0.3 is 0 Å². The molecule has 3 aromatic rings. The number of carbonyl (C=O) groups is 1. The zero-order valence-electron chi connectivity index (χ0n) is 13.7. The Morgan fingerprint density at radius 2 is 2.00 bits per heavy atom. The second kappa shape index (κ2) is 7.72. The van der Waals surface area contributed by atoms with E-state index in [0.29, 0.717) is 16.6 Å². The maximum Gasteiger partial charge on any atom is 0.244 e. The number of carbonyl (C=O) groups excluding carboxylic acids is 1. The van der Waals surface area contributed by atoms with Crippen molar-refractivity contribution < 1.29 is 4.79 Å². The summed E-state index contributed by atoms with van der Waals surface area (Å²) in [7, 11) is 0. The van der Waals surface area contributed by atoms with Gasteiger partial charge in [-0.15, -0.1) is 0 Å². The van der Waals surface area contributed by atoms with Crippen LogP contribution in [0.1, 0.15) is 18.3 Å². The van der Waals surface area contributed by atoms with Crippen LogP contribution in [0.2, 0.25) is 10.0 Å². The Morgan fingerprint density at radius 1 is 1.20 bits per heavy atom. The Morgan fingerprint density at radius 3 is 2.76 bits per heavy atom. The van der Waals surface area contributed by atoms with Crippen LogP contribution in [0.15, 0.2) is 48.5 Å². The smallest absolute Gasteiger partial charge is 0.244 e. The van der Waals surface area contributed by atoms with Crippen LogP contribution in [0.5, 0.6) is 0 Å². The molecule has 25 heavy (non-hydrogen) atoms. The molecule has 0 unspecified atom stereocenters. The van der Waals surface area contributed by atoms with E-state index < -0.39 is 0 Å². The van der Waals surface area contributed by atoms with Crippen molar-refractivity contribution >= 4 is 46.2 Å². The van der Waals surface area contributed by atoms with Crippen molar-refractivity contribution in [2.24, 2.45) is 0 Å². The second-order valence-corrected chi connectivity index (χ2v) is 6.30. The van der Waals surface area contributed by atoms with E-state index in [-0.39, 0.29) is 5.91 Å². The lowest BCUT2D eigenvalue weighted by molar-refractivity contribution is -0.116. The minimum Gasteiger partial charge on any atom is -0.345 e. The van der Waals surface area contributed by atoms with Crippen molar-refractivity contribution in [2.75, 3.05) is 0 Å². The SMILES string of the molecule is CCn1c(CNC(=O)/C=C\c2ccc(Cl)c(Cl)c2)nc2ccccc21. The second-order valence-electron chi connectivity index (χ2n) is 5.49. The molecular formula is C19H17Cl2N3O. The molecule has 0 aliphatic carbocycles. The quantitative estimate of drug-likeness (QED) is 0.659. The molecular weight excluding hydrogens is 357 g/mol. The van der Waals surface area contributed by atoms with Gasteiger partial charge < -0.3 is 9.88 Å². The molecule has 0 spiro atoms. The topological polar surface area (TPSA) is 46.9 Å². The van der Waals surface area contributed by atoms with Gasteiger partial charge in [-0.2, -0.15) is 0 Å². The van der Waals surface area contributed by atoms with E-state index in [1.807, 2.05) is 24.3 Å². The molecule has 0 saturated carbocycles. The summed E-state index contributed by atoms with van der Waals surface area (Å²) in [5, 5.41) is 3.81. The first-order chi connectivity index (χ1) is 12.1. The zero-order valence-corrected chi connectivity index (χ0v) is 15.2. The van der Waals surface area contributed by atoms with E-state index in [4.69, 9.17) is 23.2 Å². The Bertz CT molecular complexity index is 947. The van der Waals surface area contributed by atoms with E-state index >= 15 is 0 Å². The van der Waals surface area contributed by atoms with Crippen LogP contribution in [0.3, 0.4) is 0 Å². The molecule has 1 amide bonds. The largest absolute Gasteiger partial charge is 0.345 e. The first-order valence-corrected chi connectivity index (χ1v) is 8.69. The summed E-state index contributed by atoms with van der Waals surface area (Å²) in [4.78, 5) is 16.6. The molecule has 3 rings (SSSR count). The summed E-state index contributed by atoms with van der Waals surface area (Å²) in [5.74, 6) is 0.640. The minimum absolute atomic E-state index is 0.194. The summed E-state index contributed by atoms with van der Waals surface area (Å²) in [5.41, 5.74) is 2.81. The van der Waals surface area contributed by atoms with Gasteiger partial charge in [0.05, 0.1) is 27.6 Å². The minimum atomic E-state index is -0.194. The lowest BCUT2D eigenvalue weighted by Crippen LogP contribution is -2.22. The number of hydrogen-bond donors (Lipinski definition) is 1. The van der Waals surface area contributed by atoms with E-state index in [9.17, 15) is 4.79 Å². The summed E-state index contributed by atoms with van der Waals surface area (Å²) in [6.45, 7) is 3.22. The molecule has 0 bridgehead atoms. The van der Waals surface area contributed by atoms with Gasteiger partial charge in [0.2, 0.25) is 5.91 Å². The highest BCUT2D eigenvalue weighted by Crippen LogP contribution is 2.23. The van der Waals surface area contributed by atoms with E-state index in [2.05, 4.69) is 21.8 Å². The van der Waals surface area contributed by atoms with Crippen LogP contribution in [0.25, 0.3) is 17.1 Å². The number of benzene rings is 2. The lowest BCUT2D eigenvalue weighted by atomic mass is 10.2. The molecule has 2 aromatic carbocycles. The van der Waals surface area contributed by atoms with Crippen LogP contribution in [-0.2, 0) is 17.9 Å². The van der Waals surface area contributed by atoms with Crippen molar-refractivity contribution in [1.29, 1.82) is 0 Å². The van der Waals surface area contributed by atoms with Crippen molar-refractivity contribution in [3.63, 3.8) is 0 Å². The van der Waals surface area contributed by atoms with Crippen LogP contribution < -0.4 is 5.32 Å².